The number of fused-ring (bicyclic) bond motifs is 3. The summed E-state index contributed by atoms with van der Waals surface area (Å²) in [7, 11) is -1.62. The summed E-state index contributed by atoms with van der Waals surface area (Å²) in [6.07, 6.45) is 5.25. The average Bonchev–Trinajstić information content (AvgIpc) is 2.80. The van der Waals surface area contributed by atoms with Crippen molar-refractivity contribution in [3.8, 4) is 0 Å². The van der Waals surface area contributed by atoms with Crippen LogP contribution in [0.1, 0.15) is 6.42 Å². The molecule has 3 aliphatic heterocycles. The van der Waals surface area contributed by atoms with E-state index in [1.807, 2.05) is 4.90 Å². The van der Waals surface area contributed by atoms with Crippen LogP contribution in [0.25, 0.3) is 0 Å². The van der Waals surface area contributed by atoms with Crippen molar-refractivity contribution >= 4 is 14.4 Å². The van der Waals surface area contributed by atoms with Crippen molar-refractivity contribution in [3.63, 3.8) is 0 Å². The molecule has 0 spiro atoms. The van der Waals surface area contributed by atoms with Gasteiger partial charge in [-0.15, -0.1) is 0 Å². The Labute approximate surface area is 107 Å². The van der Waals surface area contributed by atoms with Gasteiger partial charge < -0.3 is 9.16 Å². The number of nitrogens with zero attached hydrogens (tertiary/aromatic N) is 1. The van der Waals surface area contributed by atoms with Crippen LogP contribution in [0, 0.1) is 0 Å². The molecule has 0 radical (unpaired) electrons. The second-order valence-corrected chi connectivity index (χ2v) is 10.3. The van der Waals surface area contributed by atoms with Crippen molar-refractivity contribution in [1.29, 1.82) is 0 Å². The predicted octanol–water partition coefficient (Wildman–Crippen LogP) is 2.05. The van der Waals surface area contributed by atoms with Gasteiger partial charge in [0.25, 0.3) is 0 Å². The van der Waals surface area contributed by atoms with Gasteiger partial charge in [0.05, 0.1) is 0 Å². The zero-order chi connectivity index (χ0) is 12.5. The minimum absolute atomic E-state index is 0.0104. The fourth-order valence-corrected chi connectivity index (χ4v) is 5.32. The van der Waals surface area contributed by atoms with Crippen molar-refractivity contribution < 1.29 is 14.0 Å². The molecule has 0 N–H and O–H groups in total. The molecular weight excluding hydrogens is 246 g/mol. The van der Waals surface area contributed by atoms with Crippen LogP contribution in [0.15, 0.2) is 23.3 Å². The highest BCUT2D eigenvalue weighted by Crippen LogP contribution is 2.47. The summed E-state index contributed by atoms with van der Waals surface area (Å²) in [4.78, 5) is 13.7. The van der Waals surface area contributed by atoms with E-state index in [4.69, 9.17) is 9.16 Å². The number of allylic oxidation sites excluding steroid dienone is 1. The molecule has 2 fully saturated rings. The van der Waals surface area contributed by atoms with Gasteiger partial charge in [0.15, 0.2) is 14.4 Å². The molecule has 18 heavy (non-hydrogen) atoms. The first kappa shape index (κ1) is 10.8. The van der Waals surface area contributed by atoms with Gasteiger partial charge in [-0.25, -0.2) is 4.79 Å². The van der Waals surface area contributed by atoms with Gasteiger partial charge in [0.2, 0.25) is 0 Å². The topological polar surface area (TPSA) is 38.8 Å². The molecule has 0 aromatic rings. The fourth-order valence-electron chi connectivity index (χ4n) is 3.56. The third-order valence-corrected chi connectivity index (χ3v) is 6.45. The minimum atomic E-state index is -1.62. The summed E-state index contributed by atoms with van der Waals surface area (Å²) in [5.41, 5.74) is 2.57. The zero-order valence-corrected chi connectivity index (χ0v) is 11.7. The first-order valence-corrected chi connectivity index (χ1v) is 9.74. The maximum absolute atomic E-state index is 11.8. The van der Waals surface area contributed by atoms with E-state index in [1.54, 1.807) is 0 Å². The van der Waals surface area contributed by atoms with E-state index in [0.717, 1.165) is 19.0 Å². The Hall–Kier alpha value is -1.07. The smallest absolute Gasteiger partial charge is 0.410 e. The summed E-state index contributed by atoms with van der Waals surface area (Å²) in [5.74, 6) is 0. The molecule has 1 aliphatic carbocycles. The lowest BCUT2D eigenvalue weighted by Gasteiger charge is -2.33. The van der Waals surface area contributed by atoms with Crippen LogP contribution >= 0.6 is 0 Å². The molecule has 4 nitrogen and oxygen atoms in total. The molecule has 1 saturated heterocycles. The number of hydrogen-bond donors (Lipinski definition) is 0. The van der Waals surface area contributed by atoms with Gasteiger partial charge in [-0.3, -0.25) is 4.90 Å². The predicted molar refractivity (Wildman–Crippen MR) is 68.7 cm³/mol. The summed E-state index contributed by atoms with van der Waals surface area (Å²) in [6, 6.07) is 1.18. The summed E-state index contributed by atoms with van der Waals surface area (Å²) < 4.78 is 11.9. The molecule has 0 aromatic heterocycles. The van der Waals surface area contributed by atoms with Crippen LogP contribution in [-0.4, -0.2) is 44.1 Å². The summed E-state index contributed by atoms with van der Waals surface area (Å²) in [5, 5.41) is 0. The van der Waals surface area contributed by atoms with Gasteiger partial charge in [-0.05, 0) is 36.7 Å². The number of carbonyl (C=O) groups excluding carboxylic acids is 1. The van der Waals surface area contributed by atoms with Crippen LogP contribution in [0.5, 0.6) is 0 Å². The molecule has 3 heterocycles. The van der Waals surface area contributed by atoms with Gasteiger partial charge in [0.1, 0.15) is 12.1 Å². The first-order chi connectivity index (χ1) is 8.57. The van der Waals surface area contributed by atoms with Crippen LogP contribution < -0.4 is 0 Å². The standard InChI is InChI=1S/C13H17NO3Si/c1-18(2)7-5-9-8-4-3-6-14-10(8)12(11(9)17-18)16-13(14)15/h4-5,10-12H,3,6-7H2,1-2H3/t10-,11-,12-/m0/s1. The molecule has 0 bridgehead atoms. The van der Waals surface area contributed by atoms with Crippen LogP contribution in [0.3, 0.4) is 0 Å². The molecule has 4 rings (SSSR count). The van der Waals surface area contributed by atoms with Crippen molar-refractivity contribution in [3.05, 3.63) is 23.3 Å². The van der Waals surface area contributed by atoms with Crippen molar-refractivity contribution in [2.75, 3.05) is 6.54 Å². The second-order valence-electron chi connectivity index (χ2n) is 6.10. The molecule has 4 aliphatic rings. The number of amides is 1. The first-order valence-electron chi connectivity index (χ1n) is 6.62. The van der Waals surface area contributed by atoms with E-state index in [-0.39, 0.29) is 24.3 Å². The fraction of sp³-hybridized carbons (Fsp3) is 0.615. The number of ether oxygens (including phenoxy) is 1. The maximum atomic E-state index is 11.8. The van der Waals surface area contributed by atoms with Gasteiger partial charge in [0, 0.05) is 6.54 Å². The number of rotatable bonds is 0. The third kappa shape index (κ3) is 1.26. The highest BCUT2D eigenvalue weighted by Gasteiger charge is 2.58. The summed E-state index contributed by atoms with van der Waals surface area (Å²) in [6.45, 7) is 5.24. The number of hydrogen-bond acceptors (Lipinski definition) is 3. The van der Waals surface area contributed by atoms with E-state index in [9.17, 15) is 4.79 Å². The van der Waals surface area contributed by atoms with Gasteiger partial charge in [-0.1, -0.05) is 12.2 Å². The largest absolute Gasteiger partial charge is 0.440 e. The van der Waals surface area contributed by atoms with E-state index >= 15 is 0 Å². The minimum Gasteiger partial charge on any atom is -0.440 e. The lowest BCUT2D eigenvalue weighted by molar-refractivity contribution is 0.0649. The third-order valence-electron chi connectivity index (χ3n) is 4.37. The average molecular weight is 263 g/mol. The highest BCUT2D eigenvalue weighted by atomic mass is 28.4. The molecule has 1 saturated carbocycles. The van der Waals surface area contributed by atoms with Crippen LogP contribution in [0.4, 0.5) is 4.79 Å². The monoisotopic (exact) mass is 263 g/mol. The quantitative estimate of drug-likeness (QED) is 0.628. The molecule has 0 unspecified atom stereocenters. The van der Waals surface area contributed by atoms with Crippen LogP contribution in [0.2, 0.25) is 19.1 Å². The zero-order valence-electron chi connectivity index (χ0n) is 10.7. The van der Waals surface area contributed by atoms with Crippen molar-refractivity contribution in [2.45, 2.75) is 43.8 Å². The Morgan fingerprint density at radius 3 is 3.00 bits per heavy atom. The Kier molecular flexibility index (Phi) is 1.97. The van der Waals surface area contributed by atoms with E-state index in [1.165, 1.54) is 11.1 Å². The maximum Gasteiger partial charge on any atom is 0.410 e. The molecule has 3 atom stereocenters. The van der Waals surface area contributed by atoms with Gasteiger partial charge in [-0.2, -0.15) is 0 Å². The molecule has 1 amide bonds. The van der Waals surface area contributed by atoms with E-state index in [0.29, 0.717) is 0 Å². The normalized spacial score (nSPS) is 39.8. The Bertz CT molecular complexity index is 496. The Morgan fingerprint density at radius 2 is 2.17 bits per heavy atom. The Balaban J connectivity index is 1.81. The molecule has 0 aromatic carbocycles. The highest BCUT2D eigenvalue weighted by molar-refractivity contribution is 6.71. The lowest BCUT2D eigenvalue weighted by Crippen LogP contribution is -2.43. The van der Waals surface area contributed by atoms with Crippen molar-refractivity contribution in [2.24, 2.45) is 0 Å². The van der Waals surface area contributed by atoms with Crippen LogP contribution in [-0.2, 0) is 9.16 Å². The number of carbonyl (C=O) groups is 1. The molecule has 96 valence electrons. The second kappa shape index (κ2) is 3.27. The Morgan fingerprint density at radius 1 is 1.33 bits per heavy atom. The lowest BCUT2D eigenvalue weighted by atomic mass is 10.0. The van der Waals surface area contributed by atoms with E-state index < -0.39 is 8.32 Å². The van der Waals surface area contributed by atoms with Gasteiger partial charge >= 0.3 is 6.09 Å². The molecule has 5 heteroatoms. The molecular formula is C13H17NO3Si. The summed E-state index contributed by atoms with van der Waals surface area (Å²) >= 11 is 0. The SMILES string of the molecule is C[Si]1(C)CC=C2C3=CCCN4C(=O)O[C@H]([C@H]2O1)[C@H]34. The van der Waals surface area contributed by atoms with E-state index in [2.05, 4.69) is 25.2 Å². The van der Waals surface area contributed by atoms with Crippen molar-refractivity contribution in [1.82, 2.24) is 4.90 Å².